The summed E-state index contributed by atoms with van der Waals surface area (Å²) in [5.74, 6) is -0.826. The normalized spacial score (nSPS) is 15.8. The molecule has 1 aliphatic rings. The Morgan fingerprint density at radius 1 is 1.03 bits per heavy atom. The molecule has 0 bridgehead atoms. The average molecular weight is 395 g/mol. The smallest absolute Gasteiger partial charge is 0.276 e. The minimum Gasteiger partial charge on any atom is -0.484 e. The van der Waals surface area contributed by atoms with E-state index in [0.717, 1.165) is 12.0 Å². The van der Waals surface area contributed by atoms with Crippen molar-refractivity contribution in [1.29, 1.82) is 0 Å². The van der Waals surface area contributed by atoms with E-state index < -0.39 is 11.8 Å². The number of nitrogens with one attached hydrogen (secondary N) is 2. The van der Waals surface area contributed by atoms with Crippen molar-refractivity contribution >= 4 is 17.7 Å². The van der Waals surface area contributed by atoms with Gasteiger partial charge in [0.05, 0.1) is 5.92 Å². The third-order valence-corrected chi connectivity index (χ3v) is 4.83. The Balaban J connectivity index is 1.40. The van der Waals surface area contributed by atoms with Crippen LogP contribution in [-0.2, 0) is 27.3 Å². The molecule has 2 N–H and O–H groups in total. The standard InChI is InChI=1S/C22H25N3O4/c1-2-16-8-10-19(11-9-16)29-15-20(26)23-24-22(28)18-12-21(27)25(14-18)13-17-6-4-3-5-7-17/h3-11,18H,2,12-15H2,1H3,(H,23,26)(H,24,28). The Morgan fingerprint density at radius 2 is 1.76 bits per heavy atom. The van der Waals surface area contributed by atoms with Gasteiger partial charge in [0.1, 0.15) is 5.75 Å². The minimum absolute atomic E-state index is 0.0702. The average Bonchev–Trinajstić information content (AvgIpc) is 3.12. The molecule has 1 aliphatic heterocycles. The molecule has 7 nitrogen and oxygen atoms in total. The second kappa shape index (κ2) is 9.73. The fourth-order valence-electron chi connectivity index (χ4n) is 3.14. The van der Waals surface area contributed by atoms with Gasteiger partial charge < -0.3 is 9.64 Å². The minimum atomic E-state index is -0.492. The van der Waals surface area contributed by atoms with E-state index in [0.29, 0.717) is 18.8 Å². The molecular formula is C22H25N3O4. The number of amides is 3. The van der Waals surface area contributed by atoms with E-state index in [-0.39, 0.29) is 24.8 Å². The highest BCUT2D eigenvalue weighted by Crippen LogP contribution is 2.20. The van der Waals surface area contributed by atoms with Crippen molar-refractivity contribution in [3.05, 3.63) is 65.7 Å². The van der Waals surface area contributed by atoms with Crippen LogP contribution in [0.4, 0.5) is 0 Å². The van der Waals surface area contributed by atoms with Gasteiger partial charge >= 0.3 is 0 Å². The summed E-state index contributed by atoms with van der Waals surface area (Å²) < 4.78 is 5.40. The number of ether oxygens (including phenoxy) is 1. The molecule has 0 radical (unpaired) electrons. The molecule has 1 heterocycles. The molecule has 1 fully saturated rings. The SMILES string of the molecule is CCc1ccc(OCC(=O)NNC(=O)C2CC(=O)N(Cc3ccccc3)C2)cc1. The first-order valence-corrected chi connectivity index (χ1v) is 9.67. The number of carbonyl (C=O) groups is 3. The number of hydrogen-bond acceptors (Lipinski definition) is 4. The van der Waals surface area contributed by atoms with Crippen molar-refractivity contribution in [3.63, 3.8) is 0 Å². The summed E-state index contributed by atoms with van der Waals surface area (Å²) >= 11 is 0. The monoisotopic (exact) mass is 395 g/mol. The van der Waals surface area contributed by atoms with Crippen LogP contribution in [0.15, 0.2) is 54.6 Å². The summed E-state index contributed by atoms with van der Waals surface area (Å²) in [6, 6.07) is 17.1. The van der Waals surface area contributed by atoms with E-state index in [4.69, 9.17) is 4.74 Å². The predicted molar refractivity (Wildman–Crippen MR) is 108 cm³/mol. The predicted octanol–water partition coefficient (Wildman–Crippen LogP) is 1.82. The third-order valence-electron chi connectivity index (χ3n) is 4.83. The summed E-state index contributed by atoms with van der Waals surface area (Å²) in [5, 5.41) is 0. The van der Waals surface area contributed by atoms with Crippen LogP contribution >= 0.6 is 0 Å². The van der Waals surface area contributed by atoms with Gasteiger partial charge in [0, 0.05) is 19.5 Å². The van der Waals surface area contributed by atoms with Crippen LogP contribution in [0.2, 0.25) is 0 Å². The van der Waals surface area contributed by atoms with Gasteiger partial charge in [-0.15, -0.1) is 0 Å². The van der Waals surface area contributed by atoms with E-state index in [1.807, 2.05) is 42.5 Å². The van der Waals surface area contributed by atoms with Gasteiger partial charge in [-0.25, -0.2) is 0 Å². The Morgan fingerprint density at radius 3 is 2.45 bits per heavy atom. The van der Waals surface area contributed by atoms with Gasteiger partial charge in [-0.2, -0.15) is 0 Å². The number of rotatable bonds is 7. The zero-order chi connectivity index (χ0) is 20.6. The van der Waals surface area contributed by atoms with Crippen LogP contribution in [-0.4, -0.2) is 35.8 Å². The van der Waals surface area contributed by atoms with Crippen LogP contribution in [0.3, 0.4) is 0 Å². The summed E-state index contributed by atoms with van der Waals surface area (Å²) in [5.41, 5.74) is 6.92. The molecule has 1 saturated heterocycles. The van der Waals surface area contributed by atoms with Gasteiger partial charge in [0.15, 0.2) is 6.61 Å². The number of hydrazine groups is 1. The number of carbonyl (C=O) groups excluding carboxylic acids is 3. The zero-order valence-corrected chi connectivity index (χ0v) is 16.4. The zero-order valence-electron chi connectivity index (χ0n) is 16.4. The van der Waals surface area contributed by atoms with Crippen LogP contribution < -0.4 is 15.6 Å². The van der Waals surface area contributed by atoms with Gasteiger partial charge in [-0.05, 0) is 29.7 Å². The number of likely N-dealkylation sites (tertiary alicyclic amines) is 1. The highest BCUT2D eigenvalue weighted by Gasteiger charge is 2.34. The Bertz CT molecular complexity index is 852. The summed E-state index contributed by atoms with van der Waals surface area (Å²) in [4.78, 5) is 38.0. The molecule has 0 spiro atoms. The molecule has 29 heavy (non-hydrogen) atoms. The van der Waals surface area contributed by atoms with Gasteiger partial charge in [0.25, 0.3) is 5.91 Å². The number of benzene rings is 2. The van der Waals surface area contributed by atoms with Crippen molar-refractivity contribution in [3.8, 4) is 5.75 Å². The number of nitrogens with zero attached hydrogens (tertiary/aromatic N) is 1. The summed E-state index contributed by atoms with van der Waals surface area (Å²) in [7, 11) is 0. The first kappa shape index (κ1) is 20.4. The van der Waals surface area contributed by atoms with Gasteiger partial charge in [-0.3, -0.25) is 25.2 Å². The van der Waals surface area contributed by atoms with E-state index in [9.17, 15) is 14.4 Å². The van der Waals surface area contributed by atoms with E-state index in [2.05, 4.69) is 17.8 Å². The molecule has 1 unspecified atom stereocenters. The first-order chi connectivity index (χ1) is 14.0. The van der Waals surface area contributed by atoms with Crippen molar-refractivity contribution in [2.75, 3.05) is 13.2 Å². The molecule has 3 rings (SSSR count). The van der Waals surface area contributed by atoms with Crippen LogP contribution in [0.5, 0.6) is 5.75 Å². The maximum Gasteiger partial charge on any atom is 0.276 e. The van der Waals surface area contributed by atoms with Crippen LogP contribution in [0, 0.1) is 5.92 Å². The van der Waals surface area contributed by atoms with Crippen molar-refractivity contribution in [1.82, 2.24) is 15.8 Å². The molecule has 2 aromatic carbocycles. The third kappa shape index (κ3) is 5.81. The largest absolute Gasteiger partial charge is 0.484 e. The molecule has 7 heteroatoms. The molecule has 0 aromatic heterocycles. The fourth-order valence-corrected chi connectivity index (χ4v) is 3.14. The molecular weight excluding hydrogens is 370 g/mol. The van der Waals surface area contributed by atoms with Crippen molar-refractivity contribution in [2.45, 2.75) is 26.3 Å². The maximum absolute atomic E-state index is 12.3. The summed E-state index contributed by atoms with van der Waals surface area (Å²) in [6.07, 6.45) is 1.06. The Kier molecular flexibility index (Phi) is 6.84. The number of aryl methyl sites for hydroxylation is 1. The quantitative estimate of drug-likeness (QED) is 0.700. The highest BCUT2D eigenvalue weighted by molar-refractivity contribution is 5.90. The van der Waals surface area contributed by atoms with E-state index >= 15 is 0 Å². The molecule has 152 valence electrons. The van der Waals surface area contributed by atoms with E-state index in [1.165, 1.54) is 5.56 Å². The van der Waals surface area contributed by atoms with Crippen molar-refractivity contribution in [2.24, 2.45) is 5.92 Å². The topological polar surface area (TPSA) is 87.7 Å². The molecule has 0 saturated carbocycles. The molecule has 0 aliphatic carbocycles. The molecule has 3 amide bonds. The fraction of sp³-hybridized carbons (Fsp3) is 0.318. The van der Waals surface area contributed by atoms with E-state index in [1.54, 1.807) is 17.0 Å². The summed E-state index contributed by atoms with van der Waals surface area (Å²) in [6.45, 7) is 2.65. The Labute approximate surface area is 170 Å². The van der Waals surface area contributed by atoms with Crippen LogP contribution in [0.1, 0.15) is 24.5 Å². The second-order valence-electron chi connectivity index (χ2n) is 6.98. The first-order valence-electron chi connectivity index (χ1n) is 9.67. The Hall–Kier alpha value is -3.35. The lowest BCUT2D eigenvalue weighted by Crippen LogP contribution is -2.46. The number of hydrogen-bond donors (Lipinski definition) is 2. The lowest BCUT2D eigenvalue weighted by molar-refractivity contribution is -0.132. The lowest BCUT2D eigenvalue weighted by atomic mass is 10.1. The molecule has 2 aromatic rings. The second-order valence-corrected chi connectivity index (χ2v) is 6.98. The molecule has 1 atom stereocenters. The van der Waals surface area contributed by atoms with Gasteiger partial charge in [-0.1, -0.05) is 49.4 Å². The van der Waals surface area contributed by atoms with Crippen LogP contribution in [0.25, 0.3) is 0 Å². The lowest BCUT2D eigenvalue weighted by Gasteiger charge is -2.16. The van der Waals surface area contributed by atoms with Gasteiger partial charge in [0.2, 0.25) is 11.8 Å². The van der Waals surface area contributed by atoms with Crippen molar-refractivity contribution < 1.29 is 19.1 Å². The maximum atomic E-state index is 12.3. The highest BCUT2D eigenvalue weighted by atomic mass is 16.5.